The third-order valence-electron chi connectivity index (χ3n) is 4.88. The Bertz CT molecular complexity index is 779. The number of nitrogens with one attached hydrogen (secondary N) is 1. The van der Waals surface area contributed by atoms with Gasteiger partial charge in [0.1, 0.15) is 0 Å². The number of rotatable bonds is 5. The average molecular weight is 354 g/mol. The van der Waals surface area contributed by atoms with Crippen LogP contribution < -0.4 is 0 Å². The molecule has 1 aliphatic heterocycles. The number of aromatic nitrogens is 3. The molecule has 3 aromatic rings. The van der Waals surface area contributed by atoms with Crippen LogP contribution in [0, 0.1) is 5.92 Å². The van der Waals surface area contributed by atoms with Gasteiger partial charge in [-0.3, -0.25) is 15.0 Å². The van der Waals surface area contributed by atoms with Crippen molar-refractivity contribution in [3.63, 3.8) is 0 Å². The zero-order valence-corrected chi connectivity index (χ0v) is 14.8. The summed E-state index contributed by atoms with van der Waals surface area (Å²) in [6.07, 6.45) is 5.11. The average Bonchev–Trinajstić information content (AvgIpc) is 3.34. The Morgan fingerprint density at radius 1 is 1.16 bits per heavy atom. The molecule has 2 N–H and O–H groups in total. The van der Waals surface area contributed by atoms with E-state index in [1.807, 2.05) is 35.6 Å². The standard InChI is InChI=1S/C19H22N4OS/c24-19(17-3-1-2-9-20-17)14-7-11-23(12-8-14)13-15-4-5-18(25-15)16-6-10-21-22-16/h1-6,9-10,14,19,24H,7-8,11-13H2,(H,21,22)/t19-/m0/s1. The number of hydrogen-bond donors (Lipinski definition) is 2. The molecule has 1 fully saturated rings. The predicted octanol–water partition coefficient (Wildman–Crippen LogP) is 3.48. The van der Waals surface area contributed by atoms with E-state index >= 15 is 0 Å². The molecule has 1 saturated heterocycles. The summed E-state index contributed by atoms with van der Waals surface area (Å²) in [6.45, 7) is 3.02. The van der Waals surface area contributed by atoms with Crippen molar-refractivity contribution in [2.45, 2.75) is 25.5 Å². The Labute approximate surface area is 151 Å². The van der Waals surface area contributed by atoms with E-state index in [0.29, 0.717) is 5.92 Å². The summed E-state index contributed by atoms with van der Waals surface area (Å²) >= 11 is 1.82. The van der Waals surface area contributed by atoms with Crippen molar-refractivity contribution in [1.29, 1.82) is 0 Å². The third-order valence-corrected chi connectivity index (χ3v) is 5.98. The van der Waals surface area contributed by atoms with Crippen LogP contribution in [0.15, 0.2) is 48.8 Å². The fourth-order valence-electron chi connectivity index (χ4n) is 3.44. The van der Waals surface area contributed by atoms with Crippen molar-refractivity contribution in [2.24, 2.45) is 5.92 Å². The number of aliphatic hydroxyl groups is 1. The highest BCUT2D eigenvalue weighted by molar-refractivity contribution is 7.15. The van der Waals surface area contributed by atoms with E-state index in [0.717, 1.165) is 43.9 Å². The van der Waals surface area contributed by atoms with Gasteiger partial charge in [0, 0.05) is 23.8 Å². The van der Waals surface area contributed by atoms with Crippen LogP contribution >= 0.6 is 11.3 Å². The van der Waals surface area contributed by atoms with Crippen LogP contribution in [0.5, 0.6) is 0 Å². The Morgan fingerprint density at radius 3 is 2.76 bits per heavy atom. The molecule has 0 unspecified atom stereocenters. The molecule has 0 radical (unpaired) electrons. The van der Waals surface area contributed by atoms with Crippen LogP contribution in [-0.2, 0) is 6.54 Å². The number of hydrogen-bond acceptors (Lipinski definition) is 5. The molecular weight excluding hydrogens is 332 g/mol. The summed E-state index contributed by atoms with van der Waals surface area (Å²) in [7, 11) is 0. The molecule has 5 nitrogen and oxygen atoms in total. The number of thiophene rings is 1. The Morgan fingerprint density at radius 2 is 2.04 bits per heavy atom. The molecular formula is C19H22N4OS. The summed E-state index contributed by atoms with van der Waals surface area (Å²) in [6, 6.07) is 12.1. The SMILES string of the molecule is O[C@H](c1ccccn1)C1CCN(Cc2ccc(-c3ccn[nH]3)s2)CC1. The maximum atomic E-state index is 10.5. The Kier molecular flexibility index (Phi) is 4.92. The van der Waals surface area contributed by atoms with Crippen LogP contribution in [0.4, 0.5) is 0 Å². The monoisotopic (exact) mass is 354 g/mol. The maximum absolute atomic E-state index is 10.5. The van der Waals surface area contributed by atoms with Crippen molar-refractivity contribution >= 4 is 11.3 Å². The van der Waals surface area contributed by atoms with Gasteiger partial charge in [-0.2, -0.15) is 5.10 Å². The lowest BCUT2D eigenvalue weighted by Gasteiger charge is -2.33. The van der Waals surface area contributed by atoms with Crippen LogP contribution in [0.2, 0.25) is 0 Å². The first-order valence-corrected chi connectivity index (χ1v) is 9.51. The fraction of sp³-hybridized carbons (Fsp3) is 0.368. The van der Waals surface area contributed by atoms with Crippen LogP contribution in [0.3, 0.4) is 0 Å². The lowest BCUT2D eigenvalue weighted by Crippen LogP contribution is -2.35. The van der Waals surface area contributed by atoms with Gasteiger partial charge in [0.25, 0.3) is 0 Å². The zero-order chi connectivity index (χ0) is 17.1. The smallest absolute Gasteiger partial charge is 0.0988 e. The molecule has 130 valence electrons. The number of H-pyrrole nitrogens is 1. The van der Waals surface area contributed by atoms with Crippen molar-refractivity contribution in [2.75, 3.05) is 13.1 Å². The number of pyridine rings is 1. The van der Waals surface area contributed by atoms with Crippen LogP contribution in [0.1, 0.15) is 29.5 Å². The first-order valence-electron chi connectivity index (χ1n) is 8.69. The molecule has 4 heterocycles. The summed E-state index contributed by atoms with van der Waals surface area (Å²) in [5.41, 5.74) is 1.87. The molecule has 25 heavy (non-hydrogen) atoms. The second kappa shape index (κ2) is 7.47. The highest BCUT2D eigenvalue weighted by atomic mass is 32.1. The fourth-order valence-corrected chi connectivity index (χ4v) is 4.47. The van der Waals surface area contributed by atoms with Gasteiger partial charge in [-0.15, -0.1) is 11.3 Å². The quantitative estimate of drug-likeness (QED) is 0.736. The largest absolute Gasteiger partial charge is 0.387 e. The van der Waals surface area contributed by atoms with Gasteiger partial charge >= 0.3 is 0 Å². The molecule has 1 aliphatic rings. The molecule has 6 heteroatoms. The zero-order valence-electron chi connectivity index (χ0n) is 14.0. The van der Waals surface area contributed by atoms with Crippen molar-refractivity contribution in [3.8, 4) is 10.6 Å². The molecule has 1 atom stereocenters. The van der Waals surface area contributed by atoms with E-state index in [2.05, 4.69) is 32.2 Å². The molecule has 3 aromatic heterocycles. The van der Waals surface area contributed by atoms with E-state index in [-0.39, 0.29) is 0 Å². The molecule has 0 aromatic carbocycles. The summed E-state index contributed by atoms with van der Waals surface area (Å²) in [4.78, 5) is 9.37. The molecule has 0 bridgehead atoms. The molecule has 0 amide bonds. The van der Waals surface area contributed by atoms with Gasteiger partial charge in [0.05, 0.1) is 22.4 Å². The van der Waals surface area contributed by atoms with E-state index < -0.39 is 6.10 Å². The second-order valence-electron chi connectivity index (χ2n) is 6.55. The van der Waals surface area contributed by atoms with Crippen molar-refractivity contribution in [3.05, 3.63) is 59.4 Å². The molecule has 0 saturated carbocycles. The minimum Gasteiger partial charge on any atom is -0.387 e. The van der Waals surface area contributed by atoms with E-state index in [4.69, 9.17) is 0 Å². The number of aromatic amines is 1. The normalized spacial score (nSPS) is 17.6. The highest BCUT2D eigenvalue weighted by Crippen LogP contribution is 2.32. The Hall–Kier alpha value is -2.02. The predicted molar refractivity (Wildman–Crippen MR) is 99.1 cm³/mol. The van der Waals surface area contributed by atoms with Crippen molar-refractivity contribution < 1.29 is 5.11 Å². The number of piperidine rings is 1. The molecule has 4 rings (SSSR count). The summed E-state index contributed by atoms with van der Waals surface area (Å²) in [5.74, 6) is 0.301. The minimum atomic E-state index is -0.447. The van der Waals surface area contributed by atoms with Gasteiger partial charge in [-0.1, -0.05) is 6.07 Å². The van der Waals surface area contributed by atoms with Gasteiger partial charge in [0.2, 0.25) is 0 Å². The number of nitrogens with zero attached hydrogens (tertiary/aromatic N) is 3. The lowest BCUT2D eigenvalue weighted by molar-refractivity contribution is 0.0542. The molecule has 0 aliphatic carbocycles. The lowest BCUT2D eigenvalue weighted by atomic mass is 9.89. The second-order valence-corrected chi connectivity index (χ2v) is 7.72. The number of aliphatic hydroxyl groups excluding tert-OH is 1. The topological polar surface area (TPSA) is 65.0 Å². The Balaban J connectivity index is 1.32. The van der Waals surface area contributed by atoms with E-state index in [9.17, 15) is 5.11 Å². The minimum absolute atomic E-state index is 0.301. The first kappa shape index (κ1) is 16.4. The maximum Gasteiger partial charge on any atom is 0.0988 e. The van der Waals surface area contributed by atoms with Gasteiger partial charge in [-0.25, -0.2) is 0 Å². The van der Waals surface area contributed by atoms with Crippen LogP contribution in [-0.4, -0.2) is 38.3 Å². The van der Waals surface area contributed by atoms with Gasteiger partial charge in [0.15, 0.2) is 0 Å². The summed E-state index contributed by atoms with van der Waals surface area (Å²) in [5, 5.41) is 17.6. The summed E-state index contributed by atoms with van der Waals surface area (Å²) < 4.78 is 0. The third kappa shape index (κ3) is 3.81. The van der Waals surface area contributed by atoms with E-state index in [1.165, 1.54) is 9.75 Å². The first-order chi connectivity index (χ1) is 12.3. The highest BCUT2D eigenvalue weighted by Gasteiger charge is 2.27. The van der Waals surface area contributed by atoms with Crippen molar-refractivity contribution in [1.82, 2.24) is 20.1 Å². The van der Waals surface area contributed by atoms with Gasteiger partial charge < -0.3 is 5.11 Å². The van der Waals surface area contributed by atoms with Gasteiger partial charge in [-0.05, 0) is 62.2 Å². The van der Waals surface area contributed by atoms with E-state index in [1.54, 1.807) is 12.4 Å². The molecule has 0 spiro atoms. The number of likely N-dealkylation sites (tertiary alicyclic amines) is 1. The van der Waals surface area contributed by atoms with Crippen LogP contribution in [0.25, 0.3) is 10.6 Å².